The van der Waals surface area contributed by atoms with E-state index >= 15 is 0 Å². The van der Waals surface area contributed by atoms with Crippen molar-refractivity contribution >= 4 is 23.7 Å². The molecule has 0 saturated heterocycles. The van der Waals surface area contributed by atoms with Gasteiger partial charge < -0.3 is 14.6 Å². The fraction of sp³-hybridized carbons (Fsp3) is 0.143. The summed E-state index contributed by atoms with van der Waals surface area (Å²) in [5.74, 6) is 0.295. The van der Waals surface area contributed by atoms with E-state index in [0.29, 0.717) is 17.1 Å². The largest absolute Gasteiger partial charge is 0.504 e. The van der Waals surface area contributed by atoms with Gasteiger partial charge in [-0.15, -0.1) is 0 Å². The van der Waals surface area contributed by atoms with Crippen molar-refractivity contribution in [2.75, 3.05) is 14.2 Å². The number of carbonyl (C=O) groups is 2. The normalized spacial score (nSPS) is 11.0. The van der Waals surface area contributed by atoms with Gasteiger partial charge in [-0.2, -0.15) is 0 Å². The zero-order valence-corrected chi connectivity index (χ0v) is 14.6. The van der Waals surface area contributed by atoms with Gasteiger partial charge in [-0.05, 0) is 47.5 Å². The van der Waals surface area contributed by atoms with Gasteiger partial charge in [0.25, 0.3) is 0 Å². The van der Waals surface area contributed by atoms with Crippen LogP contribution in [0.5, 0.6) is 17.2 Å². The van der Waals surface area contributed by atoms with Gasteiger partial charge in [-0.1, -0.05) is 24.3 Å². The van der Waals surface area contributed by atoms with E-state index in [0.717, 1.165) is 5.56 Å². The lowest BCUT2D eigenvalue weighted by Crippen LogP contribution is -2.01. The average molecular weight is 351 g/mol. The number of methoxy groups -OCH3 is 2. The number of hydrogen-bond acceptors (Lipinski definition) is 5. The zero-order valence-electron chi connectivity index (χ0n) is 14.6. The minimum atomic E-state index is -0.314. The number of ether oxygens (including phenoxy) is 2. The Morgan fingerprint density at radius 1 is 1.00 bits per heavy atom. The minimum absolute atomic E-state index is 0.0198. The number of aromatic hydroxyl groups is 1. The molecule has 2 aromatic carbocycles. The highest BCUT2D eigenvalue weighted by molar-refractivity contribution is 6.10. The van der Waals surface area contributed by atoms with E-state index in [9.17, 15) is 14.7 Å². The van der Waals surface area contributed by atoms with E-state index in [4.69, 9.17) is 9.47 Å². The van der Waals surface area contributed by atoms with Gasteiger partial charge in [0.1, 0.15) is 5.75 Å². The van der Waals surface area contributed by atoms with Crippen molar-refractivity contribution in [3.05, 3.63) is 65.7 Å². The fourth-order valence-electron chi connectivity index (χ4n) is 2.15. The Balaban J connectivity index is 1.94. The lowest BCUT2D eigenvalue weighted by Gasteiger charge is -2.03. The molecule has 0 heterocycles. The van der Waals surface area contributed by atoms with Crippen LogP contribution < -0.4 is 9.47 Å². The molecule has 26 heavy (non-hydrogen) atoms. The molecule has 2 aromatic rings. The Hall–Kier alpha value is -3.34. The van der Waals surface area contributed by atoms with Crippen molar-refractivity contribution in [3.8, 4) is 17.2 Å². The fourth-order valence-corrected chi connectivity index (χ4v) is 2.15. The Bertz CT molecular complexity index is 849. The summed E-state index contributed by atoms with van der Waals surface area (Å²) in [7, 11) is 2.98. The predicted octanol–water partition coefficient (Wildman–Crippen LogP) is 3.46. The summed E-state index contributed by atoms with van der Waals surface area (Å²) < 4.78 is 10.1. The number of benzene rings is 2. The molecule has 133 valence electrons. The molecule has 0 saturated carbocycles. The molecule has 0 aliphatic carbocycles. The lowest BCUT2D eigenvalue weighted by atomic mass is 10.1. The first-order chi connectivity index (χ1) is 12.5. The molecule has 0 amide bonds. The number of rotatable bonds is 8. The summed E-state index contributed by atoms with van der Waals surface area (Å²) in [5.41, 5.74) is 1.47. The Morgan fingerprint density at radius 2 is 1.65 bits per heavy atom. The molecule has 0 aliphatic heterocycles. The maximum absolute atomic E-state index is 11.9. The van der Waals surface area contributed by atoms with Crippen LogP contribution in [-0.2, 0) is 9.59 Å². The summed E-state index contributed by atoms with van der Waals surface area (Å²) >= 11 is 0. The first-order valence-corrected chi connectivity index (χ1v) is 7.86. The highest BCUT2D eigenvalue weighted by Gasteiger charge is 2.05. The van der Waals surface area contributed by atoms with E-state index in [1.807, 2.05) is 0 Å². The zero-order chi connectivity index (χ0) is 18.9. The molecule has 0 fully saturated rings. The van der Waals surface area contributed by atoms with E-state index in [-0.39, 0.29) is 23.7 Å². The van der Waals surface area contributed by atoms with E-state index in [1.165, 1.54) is 25.3 Å². The predicted molar refractivity (Wildman–Crippen MR) is 99.2 cm³/mol. The molecule has 2 rings (SSSR count). The molecule has 0 unspecified atom stereocenters. The number of ketones is 2. The Morgan fingerprint density at radius 3 is 2.27 bits per heavy atom. The molecular weight excluding hydrogens is 332 g/mol. The topological polar surface area (TPSA) is 72.8 Å². The molecule has 1 radical (unpaired) electrons. The average Bonchev–Trinajstić information content (AvgIpc) is 2.66. The van der Waals surface area contributed by atoms with Crippen LogP contribution in [0.4, 0.5) is 0 Å². The van der Waals surface area contributed by atoms with Crippen LogP contribution >= 0.6 is 0 Å². The van der Waals surface area contributed by atoms with Crippen LogP contribution in [0.1, 0.15) is 17.5 Å². The molecule has 0 aliphatic rings. The minimum Gasteiger partial charge on any atom is -0.504 e. The smallest absolute Gasteiger partial charge is 0.163 e. The van der Waals surface area contributed by atoms with E-state index < -0.39 is 0 Å². The standard InChI is InChI=1S/C21H19O5/c1-25-19-5-3-4-15(12-19)6-9-17(22)14-18(23)10-7-16-8-11-20(24)21(13-16)26-2/h3-4,6-13,24H,14H2,1-2H3/b9-6+,10-7+. The lowest BCUT2D eigenvalue weighted by molar-refractivity contribution is -0.121. The van der Waals surface area contributed by atoms with Gasteiger partial charge in [-0.3, -0.25) is 9.59 Å². The third-order valence-corrected chi connectivity index (χ3v) is 3.49. The third kappa shape index (κ3) is 5.63. The molecule has 0 spiro atoms. The van der Waals surface area contributed by atoms with Gasteiger partial charge in [0, 0.05) is 6.07 Å². The molecule has 0 aromatic heterocycles. The first kappa shape index (κ1) is 19.0. The molecule has 0 atom stereocenters. The van der Waals surface area contributed by atoms with Gasteiger partial charge in [0.15, 0.2) is 23.1 Å². The number of allylic oxidation sites excluding steroid dienone is 2. The van der Waals surface area contributed by atoms with Crippen LogP contribution in [0.3, 0.4) is 0 Å². The number of phenols is 1. The second-order valence-corrected chi connectivity index (χ2v) is 5.40. The number of carbonyl (C=O) groups excluding carboxylic acids is 2. The summed E-state index contributed by atoms with van der Waals surface area (Å²) in [4.78, 5) is 23.8. The maximum Gasteiger partial charge on any atom is 0.163 e. The second kappa shape index (κ2) is 9.22. The molecule has 1 N–H and O–H groups in total. The van der Waals surface area contributed by atoms with Crippen molar-refractivity contribution in [1.29, 1.82) is 0 Å². The summed E-state index contributed by atoms with van der Waals surface area (Å²) in [6.45, 7) is 0. The van der Waals surface area contributed by atoms with Crippen LogP contribution in [0.2, 0.25) is 0 Å². The maximum atomic E-state index is 11.9. The van der Waals surface area contributed by atoms with Crippen molar-refractivity contribution in [2.24, 2.45) is 0 Å². The third-order valence-electron chi connectivity index (χ3n) is 3.49. The summed E-state index contributed by atoms with van der Waals surface area (Å²) in [6.07, 6.45) is 5.67. The van der Waals surface area contributed by atoms with Crippen molar-refractivity contribution in [1.82, 2.24) is 0 Å². The number of phenolic OH excluding ortho intramolecular Hbond substituents is 1. The van der Waals surface area contributed by atoms with E-state index in [2.05, 4.69) is 6.07 Å². The molecule has 0 bridgehead atoms. The van der Waals surface area contributed by atoms with Crippen LogP contribution in [0.15, 0.2) is 48.6 Å². The highest BCUT2D eigenvalue weighted by Crippen LogP contribution is 2.26. The molecule has 5 nitrogen and oxygen atoms in total. The molecular formula is C21H19O5. The number of hydrogen-bond donors (Lipinski definition) is 1. The van der Waals surface area contributed by atoms with Gasteiger partial charge in [0.2, 0.25) is 0 Å². The van der Waals surface area contributed by atoms with E-state index in [1.54, 1.807) is 49.6 Å². The Labute approximate surface area is 152 Å². The molecule has 5 heteroatoms. The van der Waals surface area contributed by atoms with Crippen LogP contribution in [-0.4, -0.2) is 30.9 Å². The van der Waals surface area contributed by atoms with Gasteiger partial charge in [-0.25, -0.2) is 0 Å². The SMILES string of the molecule is COc1[c]ccc(/C=C/C(=O)CC(=O)/C=C/c2ccc(O)c(OC)c2)c1. The first-order valence-electron chi connectivity index (χ1n) is 7.86. The quantitative estimate of drug-likeness (QED) is 0.582. The Kier molecular flexibility index (Phi) is 6.74. The van der Waals surface area contributed by atoms with Crippen molar-refractivity contribution < 1.29 is 24.2 Å². The van der Waals surface area contributed by atoms with Crippen LogP contribution in [0.25, 0.3) is 12.2 Å². The van der Waals surface area contributed by atoms with Gasteiger partial charge >= 0.3 is 0 Å². The van der Waals surface area contributed by atoms with Crippen molar-refractivity contribution in [3.63, 3.8) is 0 Å². The second-order valence-electron chi connectivity index (χ2n) is 5.40. The summed E-state index contributed by atoms with van der Waals surface area (Å²) in [6, 6.07) is 12.8. The highest BCUT2D eigenvalue weighted by atomic mass is 16.5. The van der Waals surface area contributed by atoms with Crippen molar-refractivity contribution in [2.45, 2.75) is 6.42 Å². The monoisotopic (exact) mass is 351 g/mol. The summed E-state index contributed by atoms with van der Waals surface area (Å²) in [5, 5.41) is 9.54. The van der Waals surface area contributed by atoms with Gasteiger partial charge in [0.05, 0.1) is 20.6 Å². The van der Waals surface area contributed by atoms with Crippen LogP contribution in [0, 0.1) is 6.07 Å².